The molecule has 0 spiro atoms. The smallest absolute Gasteiger partial charge is 0.167 e. The second-order valence-electron chi connectivity index (χ2n) is 6.01. The van der Waals surface area contributed by atoms with Gasteiger partial charge in [0.15, 0.2) is 11.6 Å². The van der Waals surface area contributed by atoms with Gasteiger partial charge in [-0.15, -0.1) is 0 Å². The number of Topliss-reactive ketones (excluding diaryl/α,β-unsaturated/α-hetero) is 2. The summed E-state index contributed by atoms with van der Waals surface area (Å²) in [6.07, 6.45) is 6.22. The van der Waals surface area contributed by atoms with Gasteiger partial charge in [-0.1, -0.05) is 66.4 Å². The molecule has 0 aliphatic heterocycles. The Labute approximate surface area is 135 Å². The molecule has 2 rings (SSSR count). The molecule has 0 saturated heterocycles. The van der Waals surface area contributed by atoms with Gasteiger partial charge in [0.2, 0.25) is 0 Å². The summed E-state index contributed by atoms with van der Waals surface area (Å²) in [5, 5.41) is 1.06. The number of benzene rings is 1. The lowest BCUT2D eigenvalue weighted by Crippen LogP contribution is -2.31. The average Bonchev–Trinajstić information content (AvgIpc) is 2.50. The monoisotopic (exact) mass is 350 g/mol. The first-order chi connectivity index (χ1) is 10.1. The van der Waals surface area contributed by atoms with E-state index in [1.54, 1.807) is 12.1 Å². The van der Waals surface area contributed by atoms with Gasteiger partial charge in [0, 0.05) is 28.8 Å². The molecular formula is C18H23BrO2. The van der Waals surface area contributed by atoms with E-state index in [-0.39, 0.29) is 17.5 Å². The number of unbranched alkanes of at least 4 members (excludes halogenated alkanes) is 3. The lowest BCUT2D eigenvalue weighted by molar-refractivity contribution is 0.0774. The van der Waals surface area contributed by atoms with E-state index in [4.69, 9.17) is 0 Å². The predicted molar refractivity (Wildman–Crippen MR) is 89.3 cm³/mol. The van der Waals surface area contributed by atoms with Crippen molar-refractivity contribution in [3.05, 3.63) is 35.4 Å². The van der Waals surface area contributed by atoms with Crippen LogP contribution in [0.4, 0.5) is 0 Å². The SMILES string of the molecule is CC(CCCCCCBr)C1CC(=O)c2ccccc2C1=O. The number of hydrogen-bond acceptors (Lipinski definition) is 2. The molecule has 2 unspecified atom stereocenters. The Balaban J connectivity index is 1.95. The van der Waals surface area contributed by atoms with E-state index in [9.17, 15) is 9.59 Å². The Kier molecular flexibility index (Phi) is 6.16. The van der Waals surface area contributed by atoms with Crippen molar-refractivity contribution in [1.82, 2.24) is 0 Å². The summed E-state index contributed by atoms with van der Waals surface area (Å²) in [5.41, 5.74) is 1.24. The number of fused-ring (bicyclic) bond motifs is 1. The van der Waals surface area contributed by atoms with Gasteiger partial charge in [-0.05, 0) is 18.8 Å². The van der Waals surface area contributed by atoms with Crippen LogP contribution >= 0.6 is 15.9 Å². The highest BCUT2D eigenvalue weighted by Gasteiger charge is 2.35. The summed E-state index contributed by atoms with van der Waals surface area (Å²) in [6, 6.07) is 7.25. The van der Waals surface area contributed by atoms with E-state index in [1.165, 1.54) is 19.3 Å². The molecule has 0 bridgehead atoms. The van der Waals surface area contributed by atoms with Crippen molar-refractivity contribution in [2.45, 2.75) is 45.4 Å². The van der Waals surface area contributed by atoms with Crippen molar-refractivity contribution < 1.29 is 9.59 Å². The van der Waals surface area contributed by atoms with Gasteiger partial charge in [0.05, 0.1) is 0 Å². The Morgan fingerprint density at radius 3 is 2.48 bits per heavy atom. The number of hydrogen-bond donors (Lipinski definition) is 0. The molecule has 0 N–H and O–H groups in total. The number of carbonyl (C=O) groups is 2. The zero-order valence-electron chi connectivity index (χ0n) is 12.6. The molecule has 0 radical (unpaired) electrons. The first-order valence-corrected chi connectivity index (χ1v) is 8.99. The molecule has 0 aromatic heterocycles. The molecule has 2 atom stereocenters. The molecule has 1 aliphatic rings. The van der Waals surface area contributed by atoms with E-state index in [1.807, 2.05) is 12.1 Å². The van der Waals surface area contributed by atoms with Crippen molar-refractivity contribution in [2.24, 2.45) is 11.8 Å². The van der Waals surface area contributed by atoms with Crippen LogP contribution in [0.25, 0.3) is 0 Å². The van der Waals surface area contributed by atoms with Gasteiger partial charge < -0.3 is 0 Å². The molecule has 114 valence electrons. The summed E-state index contributed by atoms with van der Waals surface area (Å²) in [6.45, 7) is 2.12. The van der Waals surface area contributed by atoms with Gasteiger partial charge in [0.1, 0.15) is 0 Å². The molecule has 0 heterocycles. The molecular weight excluding hydrogens is 328 g/mol. The first-order valence-electron chi connectivity index (χ1n) is 7.87. The van der Waals surface area contributed by atoms with Crippen LogP contribution in [0, 0.1) is 11.8 Å². The molecule has 2 nitrogen and oxygen atoms in total. The maximum absolute atomic E-state index is 12.6. The van der Waals surface area contributed by atoms with Crippen LogP contribution in [-0.2, 0) is 0 Å². The van der Waals surface area contributed by atoms with Crippen molar-refractivity contribution in [1.29, 1.82) is 0 Å². The maximum atomic E-state index is 12.6. The number of rotatable bonds is 7. The average molecular weight is 351 g/mol. The van der Waals surface area contributed by atoms with Crippen LogP contribution < -0.4 is 0 Å². The van der Waals surface area contributed by atoms with Crippen LogP contribution in [0.3, 0.4) is 0 Å². The van der Waals surface area contributed by atoms with Gasteiger partial charge in [0.25, 0.3) is 0 Å². The largest absolute Gasteiger partial charge is 0.294 e. The fourth-order valence-corrected chi connectivity index (χ4v) is 3.51. The second kappa shape index (κ2) is 7.88. The predicted octanol–water partition coefficient (Wildman–Crippen LogP) is 5.05. The highest BCUT2D eigenvalue weighted by atomic mass is 79.9. The molecule has 21 heavy (non-hydrogen) atoms. The topological polar surface area (TPSA) is 34.1 Å². The standard InChI is InChI=1S/C18H23BrO2/c1-13(8-4-2-3-7-11-19)16-12-17(20)14-9-5-6-10-15(14)18(16)21/h5-6,9-10,13,16H,2-4,7-8,11-12H2,1H3. The van der Waals surface area contributed by atoms with Gasteiger partial charge in [-0.25, -0.2) is 0 Å². The van der Waals surface area contributed by atoms with Crippen molar-refractivity contribution in [3.8, 4) is 0 Å². The minimum Gasteiger partial charge on any atom is -0.294 e. The van der Waals surface area contributed by atoms with E-state index in [0.717, 1.165) is 18.2 Å². The second-order valence-corrected chi connectivity index (χ2v) is 6.81. The fraction of sp³-hybridized carbons (Fsp3) is 0.556. The van der Waals surface area contributed by atoms with E-state index in [0.29, 0.717) is 23.5 Å². The quantitative estimate of drug-likeness (QED) is 0.509. The number of halogens is 1. The maximum Gasteiger partial charge on any atom is 0.167 e. The van der Waals surface area contributed by atoms with E-state index in [2.05, 4.69) is 22.9 Å². The van der Waals surface area contributed by atoms with E-state index >= 15 is 0 Å². The molecule has 0 saturated carbocycles. The van der Waals surface area contributed by atoms with Gasteiger partial charge >= 0.3 is 0 Å². The van der Waals surface area contributed by atoms with Crippen LogP contribution in [-0.4, -0.2) is 16.9 Å². The lowest BCUT2D eigenvalue weighted by Gasteiger charge is -2.27. The highest BCUT2D eigenvalue weighted by Crippen LogP contribution is 2.32. The van der Waals surface area contributed by atoms with Crippen molar-refractivity contribution >= 4 is 27.5 Å². The molecule has 1 aromatic carbocycles. The van der Waals surface area contributed by atoms with Crippen LogP contribution in [0.2, 0.25) is 0 Å². The van der Waals surface area contributed by atoms with Crippen molar-refractivity contribution in [3.63, 3.8) is 0 Å². The Hall–Kier alpha value is -0.960. The van der Waals surface area contributed by atoms with Crippen LogP contribution in [0.15, 0.2) is 24.3 Å². The third kappa shape index (κ3) is 4.03. The summed E-state index contributed by atoms with van der Waals surface area (Å²) in [7, 11) is 0. The number of carbonyl (C=O) groups excluding carboxylic acids is 2. The molecule has 1 aromatic rings. The van der Waals surface area contributed by atoms with Gasteiger partial charge in [-0.2, -0.15) is 0 Å². The Morgan fingerprint density at radius 2 is 1.76 bits per heavy atom. The zero-order chi connectivity index (χ0) is 15.2. The summed E-state index contributed by atoms with van der Waals surface area (Å²) < 4.78 is 0. The third-order valence-electron chi connectivity index (χ3n) is 4.46. The minimum atomic E-state index is -0.122. The number of alkyl halides is 1. The lowest BCUT2D eigenvalue weighted by atomic mass is 9.74. The highest BCUT2D eigenvalue weighted by molar-refractivity contribution is 9.09. The Morgan fingerprint density at radius 1 is 1.10 bits per heavy atom. The third-order valence-corrected chi connectivity index (χ3v) is 5.03. The summed E-state index contributed by atoms with van der Waals surface area (Å²) in [4.78, 5) is 24.8. The molecule has 3 heteroatoms. The molecule has 0 amide bonds. The Bertz CT molecular complexity index is 510. The number of ketones is 2. The van der Waals surface area contributed by atoms with Crippen LogP contribution in [0.5, 0.6) is 0 Å². The molecule has 0 fully saturated rings. The first kappa shape index (κ1) is 16.4. The summed E-state index contributed by atoms with van der Waals surface area (Å²) >= 11 is 3.44. The van der Waals surface area contributed by atoms with Gasteiger partial charge in [-0.3, -0.25) is 9.59 Å². The normalized spacial score (nSPS) is 19.4. The molecule has 1 aliphatic carbocycles. The zero-order valence-corrected chi connectivity index (χ0v) is 14.2. The fourth-order valence-electron chi connectivity index (χ4n) is 3.12. The van der Waals surface area contributed by atoms with Crippen molar-refractivity contribution in [2.75, 3.05) is 5.33 Å². The van der Waals surface area contributed by atoms with Crippen LogP contribution in [0.1, 0.15) is 66.2 Å². The minimum absolute atomic E-state index is 0.122. The van der Waals surface area contributed by atoms with E-state index < -0.39 is 0 Å². The summed E-state index contributed by atoms with van der Waals surface area (Å²) in [5.74, 6) is 0.460.